The number of piperidine rings is 1. The highest BCUT2D eigenvalue weighted by molar-refractivity contribution is 5.79. The van der Waals surface area contributed by atoms with Crippen molar-refractivity contribution in [3.63, 3.8) is 0 Å². The maximum absolute atomic E-state index is 13.6. The number of hydrogen-bond donors (Lipinski definition) is 1. The highest BCUT2D eigenvalue weighted by Gasteiger charge is 2.21. The molecule has 0 saturated carbocycles. The van der Waals surface area contributed by atoms with Gasteiger partial charge >= 0.3 is 0 Å². The van der Waals surface area contributed by atoms with Crippen LogP contribution in [0.3, 0.4) is 0 Å². The second-order valence-electron chi connectivity index (χ2n) is 5.60. The molecule has 0 atom stereocenters. The Labute approximate surface area is 136 Å². The van der Waals surface area contributed by atoms with Gasteiger partial charge in [0, 0.05) is 39.4 Å². The Balaban J connectivity index is 1.79. The number of halogens is 2. The summed E-state index contributed by atoms with van der Waals surface area (Å²) in [6.07, 6.45) is 2.80. The number of guanidine groups is 1. The maximum atomic E-state index is 13.6. The van der Waals surface area contributed by atoms with Crippen LogP contribution in [-0.4, -0.2) is 50.3 Å². The van der Waals surface area contributed by atoms with Crippen molar-refractivity contribution in [3.05, 3.63) is 35.4 Å². The van der Waals surface area contributed by atoms with Crippen molar-refractivity contribution in [1.29, 1.82) is 0 Å². The quantitative estimate of drug-likeness (QED) is 0.668. The molecule has 0 bridgehead atoms. The second kappa shape index (κ2) is 8.82. The Morgan fingerprint density at radius 3 is 2.70 bits per heavy atom. The smallest absolute Gasteiger partial charge is 0.193 e. The van der Waals surface area contributed by atoms with Crippen LogP contribution in [0.2, 0.25) is 0 Å². The van der Waals surface area contributed by atoms with E-state index in [4.69, 9.17) is 4.74 Å². The van der Waals surface area contributed by atoms with E-state index in [0.717, 1.165) is 44.6 Å². The Bertz CT molecular complexity index is 529. The second-order valence-corrected chi connectivity index (χ2v) is 5.60. The molecule has 1 aromatic carbocycles. The molecule has 1 fully saturated rings. The van der Waals surface area contributed by atoms with Crippen molar-refractivity contribution in [2.45, 2.75) is 32.3 Å². The zero-order valence-corrected chi connectivity index (χ0v) is 13.8. The molecule has 0 aromatic heterocycles. The van der Waals surface area contributed by atoms with Crippen molar-refractivity contribution in [3.8, 4) is 0 Å². The highest BCUT2D eigenvalue weighted by Crippen LogP contribution is 2.14. The van der Waals surface area contributed by atoms with Crippen LogP contribution in [0.15, 0.2) is 23.2 Å². The fraction of sp³-hybridized carbons (Fsp3) is 0.588. The molecule has 0 amide bonds. The molecule has 4 nitrogen and oxygen atoms in total. The molecule has 1 aliphatic heterocycles. The first-order valence-electron chi connectivity index (χ1n) is 8.15. The topological polar surface area (TPSA) is 36.9 Å². The lowest BCUT2D eigenvalue weighted by Crippen LogP contribution is -2.47. The van der Waals surface area contributed by atoms with Gasteiger partial charge in [0.25, 0.3) is 0 Å². The number of aliphatic imine (C=N–C) groups is 1. The first kappa shape index (κ1) is 17.7. The predicted octanol–water partition coefficient (Wildman–Crippen LogP) is 2.58. The lowest BCUT2D eigenvalue weighted by Gasteiger charge is -2.34. The third kappa shape index (κ3) is 5.16. The molecule has 0 unspecified atom stereocenters. The Morgan fingerprint density at radius 1 is 1.35 bits per heavy atom. The van der Waals surface area contributed by atoms with Crippen LogP contribution in [0.1, 0.15) is 25.3 Å². The molecule has 128 valence electrons. The Hall–Kier alpha value is -1.69. The van der Waals surface area contributed by atoms with Crippen LogP contribution in [0.25, 0.3) is 0 Å². The van der Waals surface area contributed by atoms with Crippen molar-refractivity contribution >= 4 is 5.96 Å². The summed E-state index contributed by atoms with van der Waals surface area (Å²) >= 11 is 0. The van der Waals surface area contributed by atoms with E-state index in [1.807, 2.05) is 6.92 Å². The fourth-order valence-corrected chi connectivity index (χ4v) is 2.84. The van der Waals surface area contributed by atoms with E-state index in [1.165, 1.54) is 12.1 Å². The third-order valence-electron chi connectivity index (χ3n) is 4.05. The van der Waals surface area contributed by atoms with Crippen LogP contribution < -0.4 is 5.32 Å². The third-order valence-corrected chi connectivity index (χ3v) is 4.05. The van der Waals surface area contributed by atoms with Gasteiger partial charge in [-0.05, 0) is 37.8 Å². The van der Waals surface area contributed by atoms with Crippen LogP contribution in [0.4, 0.5) is 8.78 Å². The molecule has 2 rings (SSSR count). The normalized spacial score (nSPS) is 16.7. The van der Waals surface area contributed by atoms with Crippen molar-refractivity contribution < 1.29 is 13.5 Å². The zero-order chi connectivity index (χ0) is 16.7. The van der Waals surface area contributed by atoms with Crippen molar-refractivity contribution in [1.82, 2.24) is 10.2 Å². The number of nitrogens with zero attached hydrogens (tertiary/aromatic N) is 2. The van der Waals surface area contributed by atoms with Gasteiger partial charge < -0.3 is 15.0 Å². The first-order chi connectivity index (χ1) is 11.1. The summed E-state index contributed by atoms with van der Waals surface area (Å²) in [4.78, 5) is 6.48. The van der Waals surface area contributed by atoms with Crippen molar-refractivity contribution in [2.75, 3.05) is 33.3 Å². The lowest BCUT2D eigenvalue weighted by atomic mass is 10.1. The van der Waals surface area contributed by atoms with E-state index in [2.05, 4.69) is 15.2 Å². The SMILES string of the molecule is CCOC1CCN(C(=NC)NCCc2ccc(F)cc2F)CC1. The largest absolute Gasteiger partial charge is 0.378 e. The van der Waals surface area contributed by atoms with E-state index in [0.29, 0.717) is 24.6 Å². The summed E-state index contributed by atoms with van der Waals surface area (Å²) in [5.74, 6) is -0.228. The van der Waals surface area contributed by atoms with E-state index < -0.39 is 11.6 Å². The van der Waals surface area contributed by atoms with Crippen LogP contribution in [0.5, 0.6) is 0 Å². The van der Waals surface area contributed by atoms with Gasteiger partial charge in [-0.25, -0.2) is 8.78 Å². The van der Waals surface area contributed by atoms with Crippen LogP contribution in [-0.2, 0) is 11.2 Å². The number of benzene rings is 1. The Morgan fingerprint density at radius 2 is 2.09 bits per heavy atom. The summed E-state index contributed by atoms with van der Waals surface area (Å²) < 4.78 is 32.1. The summed E-state index contributed by atoms with van der Waals surface area (Å²) in [7, 11) is 1.75. The van der Waals surface area contributed by atoms with Gasteiger partial charge in [-0.1, -0.05) is 6.07 Å². The minimum Gasteiger partial charge on any atom is -0.378 e. The molecule has 1 N–H and O–H groups in total. The van der Waals surface area contributed by atoms with Gasteiger partial charge in [0.2, 0.25) is 0 Å². The number of likely N-dealkylation sites (tertiary alicyclic amines) is 1. The van der Waals surface area contributed by atoms with Gasteiger partial charge in [0.05, 0.1) is 6.10 Å². The molecule has 1 saturated heterocycles. The summed E-state index contributed by atoms with van der Waals surface area (Å²) in [6, 6.07) is 3.69. The predicted molar refractivity (Wildman–Crippen MR) is 87.6 cm³/mol. The molecule has 6 heteroatoms. The van der Waals surface area contributed by atoms with Gasteiger partial charge in [-0.3, -0.25) is 4.99 Å². The monoisotopic (exact) mass is 325 g/mol. The maximum Gasteiger partial charge on any atom is 0.193 e. The minimum atomic E-state index is -0.549. The summed E-state index contributed by atoms with van der Waals surface area (Å²) in [6.45, 7) is 5.12. The van der Waals surface area contributed by atoms with E-state index >= 15 is 0 Å². The summed E-state index contributed by atoms with van der Waals surface area (Å²) in [5.41, 5.74) is 0.504. The zero-order valence-electron chi connectivity index (χ0n) is 13.8. The van der Waals surface area contributed by atoms with Gasteiger partial charge in [0.1, 0.15) is 11.6 Å². The number of hydrogen-bond acceptors (Lipinski definition) is 2. The minimum absolute atomic E-state index is 0.336. The van der Waals surface area contributed by atoms with Crippen LogP contribution >= 0.6 is 0 Å². The molecule has 0 radical (unpaired) electrons. The molecule has 1 aliphatic rings. The van der Waals surface area contributed by atoms with E-state index in [9.17, 15) is 8.78 Å². The standard InChI is InChI=1S/C17H25F2N3O/c1-3-23-15-7-10-22(11-8-15)17(20-2)21-9-6-13-4-5-14(18)12-16(13)19/h4-5,12,15H,3,6-11H2,1-2H3,(H,20,21). The molecular weight excluding hydrogens is 300 g/mol. The molecule has 1 heterocycles. The van der Waals surface area contributed by atoms with E-state index in [1.54, 1.807) is 7.05 Å². The highest BCUT2D eigenvalue weighted by atomic mass is 19.1. The molecule has 23 heavy (non-hydrogen) atoms. The molecule has 0 spiro atoms. The summed E-state index contributed by atoms with van der Waals surface area (Å²) in [5, 5.41) is 3.25. The number of rotatable bonds is 5. The fourth-order valence-electron chi connectivity index (χ4n) is 2.84. The molecule has 1 aromatic rings. The first-order valence-corrected chi connectivity index (χ1v) is 8.15. The van der Waals surface area contributed by atoms with Gasteiger partial charge in [0.15, 0.2) is 5.96 Å². The average Bonchev–Trinajstić information content (AvgIpc) is 2.55. The number of ether oxygens (including phenoxy) is 1. The van der Waals surface area contributed by atoms with E-state index in [-0.39, 0.29) is 0 Å². The Kier molecular flexibility index (Phi) is 6.77. The van der Waals surface area contributed by atoms with Crippen LogP contribution in [0, 0.1) is 11.6 Å². The number of nitrogens with one attached hydrogen (secondary N) is 1. The van der Waals surface area contributed by atoms with Gasteiger partial charge in [-0.2, -0.15) is 0 Å². The van der Waals surface area contributed by atoms with Gasteiger partial charge in [-0.15, -0.1) is 0 Å². The molecular formula is C17H25F2N3O. The van der Waals surface area contributed by atoms with Crippen molar-refractivity contribution in [2.24, 2.45) is 4.99 Å². The average molecular weight is 325 g/mol. The lowest BCUT2D eigenvalue weighted by molar-refractivity contribution is 0.0264. The molecule has 0 aliphatic carbocycles.